The molecule has 0 radical (unpaired) electrons. The number of hydrogen-bond acceptors (Lipinski definition) is 2. The third-order valence-electron chi connectivity index (χ3n) is 3.05. The number of aromatic nitrogens is 2. The number of nitrogen functional groups attached to an aromatic ring is 1. The van der Waals surface area contributed by atoms with Crippen LogP contribution in [0.5, 0.6) is 0 Å². The maximum atomic E-state index is 6.19. The molecule has 1 heterocycles. The second-order valence-corrected chi connectivity index (χ2v) is 4.36. The Balaban J connectivity index is 2.54. The summed E-state index contributed by atoms with van der Waals surface area (Å²) in [6.45, 7) is 7.17. The number of hydrogen-bond donors (Lipinski definition) is 1. The topological polar surface area (TPSA) is 43.8 Å². The lowest BCUT2D eigenvalue weighted by atomic mass is 10.1. The molecule has 0 atom stereocenters. The Labute approximate surface area is 102 Å². The first-order valence-electron chi connectivity index (χ1n) is 6.03. The molecular formula is C14H19N3. The van der Waals surface area contributed by atoms with Gasteiger partial charge in [0.15, 0.2) is 0 Å². The molecule has 0 amide bonds. The molecule has 3 heteroatoms. The van der Waals surface area contributed by atoms with E-state index in [0.29, 0.717) is 0 Å². The van der Waals surface area contributed by atoms with Gasteiger partial charge in [0, 0.05) is 12.1 Å². The molecule has 0 fully saturated rings. The van der Waals surface area contributed by atoms with Gasteiger partial charge in [-0.15, -0.1) is 0 Å². The highest BCUT2D eigenvalue weighted by atomic mass is 15.1. The van der Waals surface area contributed by atoms with Crippen LogP contribution in [0.3, 0.4) is 0 Å². The Morgan fingerprint density at radius 1 is 1.24 bits per heavy atom. The molecule has 0 aliphatic heterocycles. The Morgan fingerprint density at radius 2 is 1.94 bits per heavy atom. The molecule has 17 heavy (non-hydrogen) atoms. The zero-order valence-corrected chi connectivity index (χ0v) is 10.7. The highest BCUT2D eigenvalue weighted by Crippen LogP contribution is 2.28. The first-order valence-corrected chi connectivity index (χ1v) is 6.03. The molecule has 0 aliphatic rings. The van der Waals surface area contributed by atoms with Gasteiger partial charge in [-0.05, 0) is 25.8 Å². The van der Waals surface area contributed by atoms with Crippen LogP contribution in [0.4, 0.5) is 5.82 Å². The van der Waals surface area contributed by atoms with Crippen LogP contribution in [0.25, 0.3) is 11.3 Å². The fourth-order valence-electron chi connectivity index (χ4n) is 2.12. The zero-order valence-electron chi connectivity index (χ0n) is 10.7. The summed E-state index contributed by atoms with van der Waals surface area (Å²) in [6, 6.07) is 8.22. The Morgan fingerprint density at radius 3 is 2.59 bits per heavy atom. The molecule has 0 spiro atoms. The molecule has 3 nitrogen and oxygen atoms in total. The van der Waals surface area contributed by atoms with Crippen LogP contribution >= 0.6 is 0 Å². The van der Waals surface area contributed by atoms with Crippen LogP contribution < -0.4 is 5.73 Å². The van der Waals surface area contributed by atoms with Gasteiger partial charge in [0.05, 0.1) is 0 Å². The second kappa shape index (κ2) is 4.62. The largest absolute Gasteiger partial charge is 0.383 e. The Bertz CT molecular complexity index is 526. The van der Waals surface area contributed by atoms with Crippen LogP contribution in [-0.2, 0) is 6.54 Å². The van der Waals surface area contributed by atoms with Gasteiger partial charge in [-0.3, -0.25) is 0 Å². The third kappa shape index (κ3) is 2.05. The van der Waals surface area contributed by atoms with Crippen LogP contribution in [0.1, 0.15) is 24.7 Å². The Kier molecular flexibility index (Phi) is 3.18. The second-order valence-electron chi connectivity index (χ2n) is 4.36. The van der Waals surface area contributed by atoms with E-state index < -0.39 is 0 Å². The summed E-state index contributed by atoms with van der Waals surface area (Å²) in [7, 11) is 0. The van der Waals surface area contributed by atoms with Crippen LogP contribution in [-0.4, -0.2) is 9.55 Å². The normalized spacial score (nSPS) is 10.8. The van der Waals surface area contributed by atoms with E-state index in [4.69, 9.17) is 5.73 Å². The molecule has 0 unspecified atom stereocenters. The standard InChI is InChI=1S/C14H19N3/c1-4-9-17-11(3)16-13(14(17)15)12-8-6-5-7-10(12)2/h5-8H,4,9,15H2,1-3H3. The van der Waals surface area contributed by atoms with Crippen LogP contribution in [0.15, 0.2) is 24.3 Å². The molecule has 2 aromatic rings. The molecular weight excluding hydrogens is 210 g/mol. The van der Waals surface area contributed by atoms with Crippen molar-refractivity contribution < 1.29 is 0 Å². The van der Waals surface area contributed by atoms with E-state index in [0.717, 1.165) is 35.9 Å². The minimum absolute atomic E-state index is 0.777. The van der Waals surface area contributed by atoms with Gasteiger partial charge >= 0.3 is 0 Å². The number of rotatable bonds is 3. The summed E-state index contributed by atoms with van der Waals surface area (Å²) in [5, 5.41) is 0. The van der Waals surface area contributed by atoms with Crippen molar-refractivity contribution in [3.63, 3.8) is 0 Å². The van der Waals surface area contributed by atoms with Gasteiger partial charge < -0.3 is 10.3 Å². The molecule has 0 saturated heterocycles. The average molecular weight is 229 g/mol. The van der Waals surface area contributed by atoms with Gasteiger partial charge in [-0.2, -0.15) is 0 Å². The van der Waals surface area contributed by atoms with E-state index in [-0.39, 0.29) is 0 Å². The summed E-state index contributed by atoms with van der Waals surface area (Å²) in [4.78, 5) is 4.60. The molecule has 0 saturated carbocycles. The summed E-state index contributed by atoms with van der Waals surface area (Å²) >= 11 is 0. The molecule has 1 aromatic carbocycles. The quantitative estimate of drug-likeness (QED) is 0.878. The maximum Gasteiger partial charge on any atom is 0.131 e. The number of imidazole rings is 1. The summed E-state index contributed by atoms with van der Waals surface area (Å²) in [6.07, 6.45) is 1.06. The number of aryl methyl sites for hydroxylation is 2. The van der Waals surface area contributed by atoms with Crippen molar-refractivity contribution in [3.8, 4) is 11.3 Å². The lowest BCUT2D eigenvalue weighted by Crippen LogP contribution is -2.04. The van der Waals surface area contributed by atoms with Crippen LogP contribution in [0.2, 0.25) is 0 Å². The lowest BCUT2D eigenvalue weighted by Gasteiger charge is -2.06. The molecule has 0 aliphatic carbocycles. The molecule has 2 N–H and O–H groups in total. The van der Waals surface area contributed by atoms with Crippen molar-refractivity contribution in [3.05, 3.63) is 35.7 Å². The van der Waals surface area contributed by atoms with Crippen molar-refractivity contribution in [1.29, 1.82) is 0 Å². The van der Waals surface area contributed by atoms with Gasteiger partial charge in [-0.25, -0.2) is 4.98 Å². The number of anilines is 1. The third-order valence-corrected chi connectivity index (χ3v) is 3.05. The SMILES string of the molecule is CCCn1c(C)nc(-c2ccccc2C)c1N. The van der Waals surface area contributed by atoms with Gasteiger partial charge in [0.2, 0.25) is 0 Å². The molecule has 2 rings (SSSR count). The van der Waals surface area contributed by atoms with Crippen molar-refractivity contribution in [1.82, 2.24) is 9.55 Å². The number of nitrogens with zero attached hydrogens (tertiary/aromatic N) is 2. The average Bonchev–Trinajstić information content (AvgIpc) is 2.58. The maximum absolute atomic E-state index is 6.19. The van der Waals surface area contributed by atoms with E-state index in [1.165, 1.54) is 5.56 Å². The highest BCUT2D eigenvalue weighted by molar-refractivity contribution is 5.73. The fraction of sp³-hybridized carbons (Fsp3) is 0.357. The van der Waals surface area contributed by atoms with E-state index in [1.807, 2.05) is 19.1 Å². The van der Waals surface area contributed by atoms with Gasteiger partial charge in [0.25, 0.3) is 0 Å². The lowest BCUT2D eigenvalue weighted by molar-refractivity contribution is 0.665. The van der Waals surface area contributed by atoms with Crippen molar-refractivity contribution in [2.45, 2.75) is 33.7 Å². The monoisotopic (exact) mass is 229 g/mol. The predicted octanol–water partition coefficient (Wildman–Crippen LogP) is 3.16. The first kappa shape index (κ1) is 11.7. The highest BCUT2D eigenvalue weighted by Gasteiger charge is 2.14. The molecule has 0 bridgehead atoms. The van der Waals surface area contributed by atoms with E-state index in [9.17, 15) is 0 Å². The summed E-state index contributed by atoms with van der Waals surface area (Å²) in [5.74, 6) is 1.77. The zero-order chi connectivity index (χ0) is 12.4. The van der Waals surface area contributed by atoms with Gasteiger partial charge in [0.1, 0.15) is 17.3 Å². The smallest absolute Gasteiger partial charge is 0.131 e. The minimum Gasteiger partial charge on any atom is -0.383 e. The fourth-order valence-corrected chi connectivity index (χ4v) is 2.12. The number of nitrogens with two attached hydrogens (primary N) is 1. The van der Waals surface area contributed by atoms with Crippen molar-refractivity contribution >= 4 is 5.82 Å². The first-order chi connectivity index (χ1) is 8.15. The van der Waals surface area contributed by atoms with E-state index in [1.54, 1.807) is 0 Å². The van der Waals surface area contributed by atoms with Crippen molar-refractivity contribution in [2.75, 3.05) is 5.73 Å². The van der Waals surface area contributed by atoms with Crippen LogP contribution in [0, 0.1) is 13.8 Å². The summed E-state index contributed by atoms with van der Waals surface area (Å²) < 4.78 is 2.09. The Hall–Kier alpha value is -1.77. The van der Waals surface area contributed by atoms with Crippen molar-refractivity contribution in [2.24, 2.45) is 0 Å². The molecule has 90 valence electrons. The van der Waals surface area contributed by atoms with E-state index in [2.05, 4.69) is 35.5 Å². The van der Waals surface area contributed by atoms with Gasteiger partial charge in [-0.1, -0.05) is 31.2 Å². The molecule has 1 aromatic heterocycles. The van der Waals surface area contributed by atoms with E-state index >= 15 is 0 Å². The number of benzene rings is 1. The predicted molar refractivity (Wildman–Crippen MR) is 71.8 cm³/mol. The minimum atomic E-state index is 0.777. The summed E-state index contributed by atoms with van der Waals surface area (Å²) in [5.41, 5.74) is 9.44.